The zero-order chi connectivity index (χ0) is 29.6. The Bertz CT molecular complexity index is 1920. The number of hydrogen-bond acceptors (Lipinski definition) is 5. The third kappa shape index (κ3) is 6.16. The Morgan fingerprint density at radius 2 is 1.40 bits per heavy atom. The summed E-state index contributed by atoms with van der Waals surface area (Å²) < 4.78 is 17.7. The van der Waals surface area contributed by atoms with E-state index in [1.807, 2.05) is 104 Å². The second-order valence-electron chi connectivity index (χ2n) is 9.87. The van der Waals surface area contributed by atoms with Gasteiger partial charge in [-0.15, -0.1) is 0 Å². The highest BCUT2D eigenvalue weighted by molar-refractivity contribution is 6.10. The molecule has 6 rings (SSSR count). The van der Waals surface area contributed by atoms with Crippen molar-refractivity contribution in [3.63, 3.8) is 0 Å². The second-order valence-corrected chi connectivity index (χ2v) is 9.87. The van der Waals surface area contributed by atoms with Crippen molar-refractivity contribution < 1.29 is 23.5 Å². The third-order valence-corrected chi connectivity index (χ3v) is 6.98. The van der Waals surface area contributed by atoms with Crippen LogP contribution in [0, 0.1) is 0 Å². The predicted octanol–water partition coefficient (Wildman–Crippen LogP) is 9.28. The number of furan rings is 1. The lowest BCUT2D eigenvalue weighted by molar-refractivity contribution is 0.0736. The number of carbonyl (C=O) groups is 2. The number of hydrogen-bond donors (Lipinski definition) is 0. The Labute approximate surface area is 249 Å². The molecule has 0 radical (unpaired) electrons. The maximum atomic E-state index is 13.6. The summed E-state index contributed by atoms with van der Waals surface area (Å²) in [5, 5.41) is 0.606. The van der Waals surface area contributed by atoms with Gasteiger partial charge in [0.2, 0.25) is 0 Å². The first-order valence-electron chi connectivity index (χ1n) is 14.0. The molecular weight excluding hydrogens is 536 g/mol. The maximum Gasteiger partial charge on any atom is 0.348 e. The number of esters is 1. The molecule has 0 unspecified atom stereocenters. The van der Waals surface area contributed by atoms with E-state index in [0.717, 1.165) is 22.3 Å². The Kier molecular flexibility index (Phi) is 7.96. The Morgan fingerprint density at radius 1 is 0.698 bits per heavy atom. The molecule has 0 aliphatic heterocycles. The van der Waals surface area contributed by atoms with Gasteiger partial charge in [-0.05, 0) is 60.0 Å². The van der Waals surface area contributed by atoms with E-state index in [2.05, 4.69) is 0 Å². The summed E-state index contributed by atoms with van der Waals surface area (Å²) in [5.74, 6) is 0.734. The lowest BCUT2D eigenvalue weighted by atomic mass is 10.0. The predicted molar refractivity (Wildman–Crippen MR) is 169 cm³/mol. The molecule has 0 aliphatic carbocycles. The fourth-order valence-corrected chi connectivity index (χ4v) is 4.89. The first-order valence-corrected chi connectivity index (χ1v) is 14.0. The summed E-state index contributed by atoms with van der Waals surface area (Å²) in [5.41, 5.74) is 5.08. The summed E-state index contributed by atoms with van der Waals surface area (Å²) in [6.45, 7) is 2.40. The van der Waals surface area contributed by atoms with E-state index >= 15 is 0 Å². The standard InChI is InChI=1S/C38H28O5/c1-2-41-31-21-23-35-33(25-31)36(37(43-35)30-13-7-4-8-14-30)38(40)42-32-15-9-10-26(24-32)16-22-34(39)29-19-17-28(18-20-29)27-11-5-3-6-12-27/h3-25H,2H2,1H3/b22-16+. The number of rotatable bonds is 9. The summed E-state index contributed by atoms with van der Waals surface area (Å²) in [6, 6.07) is 39.4. The normalized spacial score (nSPS) is 11.1. The molecule has 0 bridgehead atoms. The van der Waals surface area contributed by atoms with Gasteiger partial charge in [-0.3, -0.25) is 4.79 Å². The van der Waals surface area contributed by atoms with Crippen molar-refractivity contribution in [3.05, 3.63) is 150 Å². The molecule has 43 heavy (non-hydrogen) atoms. The molecule has 1 aromatic heterocycles. The van der Waals surface area contributed by atoms with Crippen LogP contribution in [0.2, 0.25) is 0 Å². The van der Waals surface area contributed by atoms with Gasteiger partial charge in [0, 0.05) is 16.5 Å². The van der Waals surface area contributed by atoms with Crippen LogP contribution in [0.1, 0.15) is 33.2 Å². The van der Waals surface area contributed by atoms with Crippen LogP contribution in [0.15, 0.2) is 138 Å². The van der Waals surface area contributed by atoms with E-state index in [9.17, 15) is 9.59 Å². The van der Waals surface area contributed by atoms with Crippen molar-refractivity contribution in [1.29, 1.82) is 0 Å². The van der Waals surface area contributed by atoms with Crippen LogP contribution in [-0.4, -0.2) is 18.4 Å². The first kappa shape index (κ1) is 27.5. The quantitative estimate of drug-likeness (QED) is 0.0758. The molecule has 6 aromatic rings. The summed E-state index contributed by atoms with van der Waals surface area (Å²) >= 11 is 0. The van der Waals surface area contributed by atoms with Crippen LogP contribution in [0.5, 0.6) is 11.5 Å². The number of benzene rings is 5. The second kappa shape index (κ2) is 12.5. The lowest BCUT2D eigenvalue weighted by Crippen LogP contribution is -2.09. The Balaban J connectivity index is 1.23. The molecule has 0 N–H and O–H groups in total. The van der Waals surface area contributed by atoms with Gasteiger partial charge in [-0.2, -0.15) is 0 Å². The van der Waals surface area contributed by atoms with E-state index in [-0.39, 0.29) is 5.78 Å². The average molecular weight is 565 g/mol. The molecule has 1 heterocycles. The Morgan fingerprint density at radius 3 is 2.12 bits per heavy atom. The van der Waals surface area contributed by atoms with Crippen molar-refractivity contribution in [1.82, 2.24) is 0 Å². The van der Waals surface area contributed by atoms with E-state index in [1.54, 1.807) is 36.4 Å². The van der Waals surface area contributed by atoms with Crippen LogP contribution in [-0.2, 0) is 0 Å². The minimum atomic E-state index is -0.554. The van der Waals surface area contributed by atoms with Gasteiger partial charge in [0.25, 0.3) is 0 Å². The van der Waals surface area contributed by atoms with Crippen molar-refractivity contribution in [3.8, 4) is 33.9 Å². The van der Waals surface area contributed by atoms with Crippen LogP contribution in [0.25, 0.3) is 39.5 Å². The highest BCUT2D eigenvalue weighted by Gasteiger charge is 2.24. The lowest BCUT2D eigenvalue weighted by Gasteiger charge is -2.07. The molecule has 5 heteroatoms. The third-order valence-electron chi connectivity index (χ3n) is 6.98. The fraction of sp³-hybridized carbons (Fsp3) is 0.0526. The van der Waals surface area contributed by atoms with Gasteiger partial charge in [-0.25, -0.2) is 4.79 Å². The molecule has 5 nitrogen and oxygen atoms in total. The fourth-order valence-electron chi connectivity index (χ4n) is 4.89. The number of fused-ring (bicyclic) bond motifs is 1. The van der Waals surface area contributed by atoms with Crippen LogP contribution >= 0.6 is 0 Å². The van der Waals surface area contributed by atoms with E-state index in [4.69, 9.17) is 13.9 Å². The van der Waals surface area contributed by atoms with Gasteiger partial charge < -0.3 is 13.9 Å². The van der Waals surface area contributed by atoms with Crippen LogP contribution in [0.3, 0.4) is 0 Å². The van der Waals surface area contributed by atoms with Crippen molar-refractivity contribution in [2.45, 2.75) is 6.92 Å². The van der Waals surface area contributed by atoms with Gasteiger partial charge in [0.15, 0.2) is 5.78 Å². The minimum absolute atomic E-state index is 0.121. The first-order chi connectivity index (χ1) is 21.1. The van der Waals surface area contributed by atoms with Gasteiger partial charge in [0.1, 0.15) is 28.4 Å². The topological polar surface area (TPSA) is 65.7 Å². The summed E-state index contributed by atoms with van der Waals surface area (Å²) in [4.78, 5) is 26.5. The van der Waals surface area contributed by atoms with E-state index in [0.29, 0.717) is 46.0 Å². The molecule has 0 amide bonds. The molecule has 0 saturated carbocycles. The van der Waals surface area contributed by atoms with Crippen molar-refractivity contribution >= 4 is 28.8 Å². The van der Waals surface area contributed by atoms with Gasteiger partial charge in [-0.1, -0.05) is 103 Å². The van der Waals surface area contributed by atoms with Crippen molar-refractivity contribution in [2.24, 2.45) is 0 Å². The van der Waals surface area contributed by atoms with E-state index < -0.39 is 5.97 Å². The molecule has 210 valence electrons. The van der Waals surface area contributed by atoms with Crippen LogP contribution in [0.4, 0.5) is 0 Å². The monoisotopic (exact) mass is 564 g/mol. The number of carbonyl (C=O) groups excluding carboxylic acids is 2. The largest absolute Gasteiger partial charge is 0.494 e. The molecule has 0 aliphatic rings. The molecule has 0 fully saturated rings. The molecule has 0 atom stereocenters. The van der Waals surface area contributed by atoms with Crippen LogP contribution < -0.4 is 9.47 Å². The molecule has 0 saturated heterocycles. The zero-order valence-electron chi connectivity index (χ0n) is 23.5. The SMILES string of the molecule is CCOc1ccc2oc(-c3ccccc3)c(C(=O)Oc3cccc(/C=C/C(=O)c4ccc(-c5ccccc5)cc4)c3)c2c1. The molecule has 0 spiro atoms. The van der Waals surface area contributed by atoms with E-state index in [1.165, 1.54) is 6.08 Å². The van der Waals surface area contributed by atoms with Crippen molar-refractivity contribution in [2.75, 3.05) is 6.61 Å². The minimum Gasteiger partial charge on any atom is -0.494 e. The smallest absolute Gasteiger partial charge is 0.348 e. The molecule has 5 aromatic carbocycles. The van der Waals surface area contributed by atoms with Gasteiger partial charge >= 0.3 is 5.97 Å². The maximum absolute atomic E-state index is 13.6. The Hall–Kier alpha value is -5.68. The number of ether oxygens (including phenoxy) is 2. The summed E-state index contributed by atoms with van der Waals surface area (Å²) in [6.07, 6.45) is 3.23. The number of allylic oxidation sites excluding steroid dienone is 1. The average Bonchev–Trinajstić information content (AvgIpc) is 3.44. The number of ketones is 1. The highest BCUT2D eigenvalue weighted by Crippen LogP contribution is 2.36. The zero-order valence-corrected chi connectivity index (χ0v) is 23.5. The van der Waals surface area contributed by atoms with Gasteiger partial charge in [0.05, 0.1) is 6.61 Å². The summed E-state index contributed by atoms with van der Waals surface area (Å²) in [7, 11) is 0. The highest BCUT2D eigenvalue weighted by atomic mass is 16.5. The molecular formula is C38H28O5.